The van der Waals surface area contributed by atoms with Crippen LogP contribution >= 0.6 is 11.6 Å². The number of nitrogens with one attached hydrogen (secondary N) is 2. The van der Waals surface area contributed by atoms with Crippen LogP contribution in [0.4, 0.5) is 5.69 Å². The number of halogens is 1. The van der Waals surface area contributed by atoms with Crippen molar-refractivity contribution < 1.29 is 5.11 Å². The van der Waals surface area contributed by atoms with E-state index in [1.165, 1.54) is 0 Å². The SMILES string of the molecule is OCCCNC(Nc1ccc(Cl)cc1)=C(c1ccccc1)c1ccccc1. The molecule has 0 radical (unpaired) electrons. The van der Waals surface area contributed by atoms with Crippen molar-refractivity contribution >= 4 is 22.9 Å². The molecule has 0 spiro atoms. The van der Waals surface area contributed by atoms with Crippen LogP contribution in [0.2, 0.25) is 5.02 Å². The average Bonchev–Trinajstić information content (AvgIpc) is 2.71. The maximum absolute atomic E-state index is 9.18. The fourth-order valence-electron chi connectivity index (χ4n) is 2.83. The number of aliphatic hydroxyl groups is 1. The third-order valence-corrected chi connectivity index (χ3v) is 4.38. The Morgan fingerprint density at radius 2 is 1.33 bits per heavy atom. The summed E-state index contributed by atoms with van der Waals surface area (Å²) in [5.41, 5.74) is 4.23. The maximum Gasteiger partial charge on any atom is 0.112 e. The number of benzene rings is 3. The Bertz CT molecular complexity index is 820. The van der Waals surface area contributed by atoms with E-state index in [2.05, 4.69) is 34.9 Å². The number of rotatable bonds is 8. The van der Waals surface area contributed by atoms with Gasteiger partial charge in [-0.3, -0.25) is 0 Å². The summed E-state index contributed by atoms with van der Waals surface area (Å²) >= 11 is 6.02. The predicted molar refractivity (Wildman–Crippen MR) is 114 cm³/mol. The van der Waals surface area contributed by atoms with Crippen LogP contribution in [0, 0.1) is 0 Å². The van der Waals surface area contributed by atoms with Crippen molar-refractivity contribution in [2.45, 2.75) is 6.42 Å². The molecule has 3 nitrogen and oxygen atoms in total. The first-order valence-electron chi connectivity index (χ1n) is 9.00. The molecule has 138 valence electrons. The van der Waals surface area contributed by atoms with Gasteiger partial charge in [0, 0.05) is 29.4 Å². The smallest absolute Gasteiger partial charge is 0.112 e. The fourth-order valence-corrected chi connectivity index (χ4v) is 2.96. The van der Waals surface area contributed by atoms with Crippen LogP contribution in [0.1, 0.15) is 17.5 Å². The molecule has 0 fully saturated rings. The first kappa shape index (κ1) is 19.0. The minimum Gasteiger partial charge on any atom is -0.396 e. The fraction of sp³-hybridized carbons (Fsp3) is 0.130. The molecule has 3 aromatic rings. The molecule has 0 saturated heterocycles. The van der Waals surface area contributed by atoms with Gasteiger partial charge in [0.1, 0.15) is 5.82 Å². The Morgan fingerprint density at radius 3 is 1.85 bits per heavy atom. The molecular formula is C23H23ClN2O. The molecule has 3 aromatic carbocycles. The topological polar surface area (TPSA) is 44.3 Å². The summed E-state index contributed by atoms with van der Waals surface area (Å²) in [5, 5.41) is 16.8. The lowest BCUT2D eigenvalue weighted by Gasteiger charge is -2.20. The van der Waals surface area contributed by atoms with E-state index in [-0.39, 0.29) is 6.61 Å². The lowest BCUT2D eigenvalue weighted by Crippen LogP contribution is -2.23. The molecule has 0 heterocycles. The van der Waals surface area contributed by atoms with E-state index in [0.29, 0.717) is 18.0 Å². The summed E-state index contributed by atoms with van der Waals surface area (Å²) in [6.07, 6.45) is 0.669. The maximum atomic E-state index is 9.18. The minimum absolute atomic E-state index is 0.146. The highest BCUT2D eigenvalue weighted by Crippen LogP contribution is 2.27. The van der Waals surface area contributed by atoms with Crippen molar-refractivity contribution in [3.63, 3.8) is 0 Å². The molecule has 0 aliphatic carbocycles. The van der Waals surface area contributed by atoms with E-state index in [1.54, 1.807) is 0 Å². The van der Waals surface area contributed by atoms with Crippen molar-refractivity contribution in [1.29, 1.82) is 0 Å². The molecule has 0 aliphatic rings. The van der Waals surface area contributed by atoms with Crippen molar-refractivity contribution in [3.8, 4) is 0 Å². The quantitative estimate of drug-likeness (QED) is 0.475. The molecule has 3 N–H and O–H groups in total. The average molecular weight is 379 g/mol. The largest absolute Gasteiger partial charge is 0.396 e. The highest BCUT2D eigenvalue weighted by atomic mass is 35.5. The van der Waals surface area contributed by atoms with E-state index in [0.717, 1.165) is 28.2 Å². The van der Waals surface area contributed by atoms with Gasteiger partial charge in [-0.05, 0) is 41.8 Å². The van der Waals surface area contributed by atoms with E-state index < -0.39 is 0 Å². The second-order valence-electron chi connectivity index (χ2n) is 6.12. The van der Waals surface area contributed by atoms with Crippen molar-refractivity contribution in [2.75, 3.05) is 18.5 Å². The Kier molecular flexibility index (Phi) is 6.91. The van der Waals surface area contributed by atoms with Crippen LogP contribution < -0.4 is 10.6 Å². The van der Waals surface area contributed by atoms with Gasteiger partial charge in [0.25, 0.3) is 0 Å². The van der Waals surface area contributed by atoms with E-state index in [4.69, 9.17) is 11.6 Å². The molecular weight excluding hydrogens is 356 g/mol. The normalized spacial score (nSPS) is 10.3. The summed E-state index contributed by atoms with van der Waals surface area (Å²) in [7, 11) is 0. The lowest BCUT2D eigenvalue weighted by atomic mass is 9.97. The van der Waals surface area contributed by atoms with Gasteiger partial charge >= 0.3 is 0 Å². The highest BCUT2D eigenvalue weighted by molar-refractivity contribution is 6.30. The number of anilines is 1. The number of aliphatic hydroxyl groups excluding tert-OH is 1. The van der Waals surface area contributed by atoms with Gasteiger partial charge in [-0.1, -0.05) is 72.3 Å². The molecule has 3 rings (SSSR count). The van der Waals surface area contributed by atoms with Crippen LogP contribution in [-0.4, -0.2) is 18.3 Å². The monoisotopic (exact) mass is 378 g/mol. The van der Waals surface area contributed by atoms with E-state index >= 15 is 0 Å². The second-order valence-corrected chi connectivity index (χ2v) is 6.55. The standard InChI is InChI=1S/C23H23ClN2O/c24-20-12-14-21(15-13-20)26-23(25-16-7-17-27)22(18-8-3-1-4-9-18)19-10-5-2-6-11-19/h1-6,8-15,25-27H,7,16-17H2. The molecule has 0 unspecified atom stereocenters. The summed E-state index contributed by atoms with van der Waals surface area (Å²) < 4.78 is 0. The first-order chi connectivity index (χ1) is 13.3. The zero-order valence-electron chi connectivity index (χ0n) is 15.0. The van der Waals surface area contributed by atoms with Crippen molar-refractivity contribution in [2.24, 2.45) is 0 Å². The Balaban J connectivity index is 2.08. The summed E-state index contributed by atoms with van der Waals surface area (Å²) in [6, 6.07) is 28.2. The van der Waals surface area contributed by atoms with Gasteiger partial charge in [-0.25, -0.2) is 0 Å². The van der Waals surface area contributed by atoms with E-state index in [9.17, 15) is 5.11 Å². The molecule has 27 heavy (non-hydrogen) atoms. The van der Waals surface area contributed by atoms with Crippen molar-refractivity contribution in [3.05, 3.63) is 107 Å². The molecule has 0 aliphatic heterocycles. The van der Waals surface area contributed by atoms with Gasteiger partial charge in [0.15, 0.2) is 0 Å². The number of hydrogen-bond donors (Lipinski definition) is 3. The van der Waals surface area contributed by atoms with Crippen LogP contribution in [0.5, 0.6) is 0 Å². The minimum atomic E-state index is 0.146. The highest BCUT2D eigenvalue weighted by Gasteiger charge is 2.12. The third-order valence-electron chi connectivity index (χ3n) is 4.13. The molecule has 4 heteroatoms. The molecule has 0 amide bonds. The Morgan fingerprint density at radius 1 is 0.778 bits per heavy atom. The summed E-state index contributed by atoms with van der Waals surface area (Å²) in [6.45, 7) is 0.808. The van der Waals surface area contributed by atoms with E-state index in [1.807, 2.05) is 60.7 Å². The Hall–Kier alpha value is -2.75. The van der Waals surface area contributed by atoms with Crippen LogP contribution in [0.3, 0.4) is 0 Å². The van der Waals surface area contributed by atoms with Crippen LogP contribution in [0.15, 0.2) is 90.8 Å². The second kappa shape index (κ2) is 9.81. The van der Waals surface area contributed by atoms with Crippen LogP contribution in [0.25, 0.3) is 5.57 Å². The summed E-state index contributed by atoms with van der Waals surface area (Å²) in [4.78, 5) is 0. The number of hydrogen-bond acceptors (Lipinski definition) is 3. The Labute approximate surface area is 165 Å². The van der Waals surface area contributed by atoms with Gasteiger partial charge in [-0.2, -0.15) is 0 Å². The van der Waals surface area contributed by atoms with Gasteiger partial charge in [0.2, 0.25) is 0 Å². The van der Waals surface area contributed by atoms with Gasteiger partial charge in [0.05, 0.1) is 0 Å². The zero-order valence-corrected chi connectivity index (χ0v) is 15.8. The molecule has 0 atom stereocenters. The summed E-state index contributed by atoms with van der Waals surface area (Å²) in [5.74, 6) is 0.892. The third kappa shape index (κ3) is 5.36. The van der Waals surface area contributed by atoms with Gasteiger partial charge in [-0.15, -0.1) is 0 Å². The molecule has 0 aromatic heterocycles. The predicted octanol–water partition coefficient (Wildman–Crippen LogP) is 5.14. The first-order valence-corrected chi connectivity index (χ1v) is 9.38. The zero-order chi connectivity index (χ0) is 18.9. The van der Waals surface area contributed by atoms with Crippen LogP contribution in [-0.2, 0) is 0 Å². The molecule has 0 saturated carbocycles. The van der Waals surface area contributed by atoms with Gasteiger partial charge < -0.3 is 15.7 Å². The molecule has 0 bridgehead atoms. The van der Waals surface area contributed by atoms with Crippen molar-refractivity contribution in [1.82, 2.24) is 5.32 Å². The lowest BCUT2D eigenvalue weighted by molar-refractivity contribution is 0.288.